The van der Waals surface area contributed by atoms with E-state index in [0.717, 1.165) is 50.6 Å². The number of nitrogens with one attached hydrogen (secondary N) is 1. The van der Waals surface area contributed by atoms with Gasteiger partial charge >= 0.3 is 0 Å². The molecule has 6 heteroatoms. The summed E-state index contributed by atoms with van der Waals surface area (Å²) in [6, 6.07) is 8.62. The number of aryl methyl sites for hydroxylation is 2. The average molecular weight is 456 g/mol. The fraction of sp³-hybridized carbons (Fsp3) is 0.444. The normalized spacial score (nSPS) is 13.6. The molecular weight excluding hydrogens is 431 g/mol. The lowest BCUT2D eigenvalue weighted by Crippen LogP contribution is -2.40. The van der Waals surface area contributed by atoms with Crippen LogP contribution in [-0.2, 0) is 12.8 Å². The minimum absolute atomic E-state index is 0. The van der Waals surface area contributed by atoms with Crippen LogP contribution in [0.15, 0.2) is 34.6 Å². The summed E-state index contributed by atoms with van der Waals surface area (Å²) in [4.78, 5) is 11.7. The van der Waals surface area contributed by atoms with Gasteiger partial charge in [0.15, 0.2) is 5.96 Å². The van der Waals surface area contributed by atoms with Crippen LogP contribution in [0, 0.1) is 6.92 Å². The number of aliphatic imine (C=N–C) groups is 1. The van der Waals surface area contributed by atoms with Gasteiger partial charge in [-0.25, -0.2) is 4.98 Å². The molecule has 0 bridgehead atoms. The highest BCUT2D eigenvalue weighted by molar-refractivity contribution is 14.0. The number of halogens is 1. The first-order valence-electron chi connectivity index (χ1n) is 8.32. The lowest BCUT2D eigenvalue weighted by Gasteiger charge is -2.22. The summed E-state index contributed by atoms with van der Waals surface area (Å²) in [7, 11) is 0. The van der Waals surface area contributed by atoms with E-state index >= 15 is 0 Å². The lowest BCUT2D eigenvalue weighted by molar-refractivity contribution is 0.805. The van der Waals surface area contributed by atoms with Crippen LogP contribution in [0.1, 0.15) is 29.6 Å². The first-order valence-corrected chi connectivity index (χ1v) is 9.20. The Bertz CT molecular complexity index is 683. The smallest absolute Gasteiger partial charge is 0.198 e. The molecule has 3 rings (SSSR count). The van der Waals surface area contributed by atoms with Crippen molar-refractivity contribution in [3.8, 4) is 0 Å². The first-order chi connectivity index (χ1) is 11.3. The second-order valence-corrected chi connectivity index (χ2v) is 6.69. The van der Waals surface area contributed by atoms with Crippen molar-refractivity contribution in [1.82, 2.24) is 10.3 Å². The number of benzene rings is 1. The van der Waals surface area contributed by atoms with E-state index in [1.54, 1.807) is 11.3 Å². The molecule has 1 aliphatic rings. The Morgan fingerprint density at radius 1 is 1.38 bits per heavy atom. The van der Waals surface area contributed by atoms with E-state index in [4.69, 9.17) is 4.99 Å². The maximum atomic E-state index is 4.82. The number of aromatic nitrogens is 1. The van der Waals surface area contributed by atoms with Gasteiger partial charge in [-0.2, -0.15) is 0 Å². The van der Waals surface area contributed by atoms with Crippen LogP contribution >= 0.6 is 35.3 Å². The maximum Gasteiger partial charge on any atom is 0.198 e. The minimum atomic E-state index is 0. The van der Waals surface area contributed by atoms with E-state index in [1.165, 1.54) is 16.3 Å². The monoisotopic (exact) mass is 456 g/mol. The molecule has 24 heavy (non-hydrogen) atoms. The molecule has 2 aromatic rings. The first kappa shape index (κ1) is 19.2. The van der Waals surface area contributed by atoms with Crippen LogP contribution in [0.5, 0.6) is 0 Å². The molecule has 1 aromatic carbocycles. The number of guanidine groups is 1. The zero-order valence-corrected chi connectivity index (χ0v) is 17.4. The van der Waals surface area contributed by atoms with Crippen LogP contribution in [0.25, 0.3) is 0 Å². The van der Waals surface area contributed by atoms with Gasteiger partial charge in [-0.1, -0.05) is 18.2 Å². The van der Waals surface area contributed by atoms with Crippen molar-refractivity contribution in [3.63, 3.8) is 0 Å². The molecule has 4 nitrogen and oxygen atoms in total. The molecule has 0 saturated carbocycles. The van der Waals surface area contributed by atoms with Crippen molar-refractivity contribution in [2.45, 2.75) is 33.1 Å². The van der Waals surface area contributed by atoms with Crippen molar-refractivity contribution in [2.24, 2.45) is 4.99 Å². The van der Waals surface area contributed by atoms with Crippen molar-refractivity contribution >= 4 is 47.0 Å². The van der Waals surface area contributed by atoms with Gasteiger partial charge in [-0.3, -0.25) is 4.99 Å². The number of anilines is 1. The second-order valence-electron chi connectivity index (χ2n) is 5.75. The summed E-state index contributed by atoms with van der Waals surface area (Å²) in [5.41, 5.74) is 3.83. The van der Waals surface area contributed by atoms with Crippen molar-refractivity contribution in [3.05, 3.63) is 45.9 Å². The Kier molecular flexibility index (Phi) is 7.48. The Morgan fingerprint density at radius 3 is 2.96 bits per heavy atom. The predicted molar refractivity (Wildman–Crippen MR) is 114 cm³/mol. The highest BCUT2D eigenvalue weighted by Crippen LogP contribution is 2.27. The van der Waals surface area contributed by atoms with Crippen LogP contribution in [-0.4, -0.2) is 30.6 Å². The fourth-order valence-electron chi connectivity index (χ4n) is 2.89. The molecule has 0 saturated heterocycles. The van der Waals surface area contributed by atoms with Gasteiger partial charge in [0, 0.05) is 42.8 Å². The molecule has 2 heterocycles. The number of rotatable bonds is 5. The number of hydrogen-bond donors (Lipinski definition) is 1. The summed E-state index contributed by atoms with van der Waals surface area (Å²) in [5.74, 6) is 1.01. The molecule has 0 spiro atoms. The summed E-state index contributed by atoms with van der Waals surface area (Å²) < 4.78 is 0. The van der Waals surface area contributed by atoms with Gasteiger partial charge in [0.2, 0.25) is 0 Å². The van der Waals surface area contributed by atoms with Crippen molar-refractivity contribution in [2.75, 3.05) is 24.5 Å². The van der Waals surface area contributed by atoms with E-state index < -0.39 is 0 Å². The minimum Gasteiger partial charge on any atom is -0.356 e. The third-order valence-electron chi connectivity index (χ3n) is 3.95. The molecular formula is C18H25IN4S. The van der Waals surface area contributed by atoms with E-state index in [-0.39, 0.29) is 24.0 Å². The van der Waals surface area contributed by atoms with Crippen LogP contribution in [0.3, 0.4) is 0 Å². The second kappa shape index (κ2) is 9.36. The number of nitrogens with zero attached hydrogens (tertiary/aromatic N) is 3. The molecule has 0 unspecified atom stereocenters. The van der Waals surface area contributed by atoms with Gasteiger partial charge in [0.25, 0.3) is 0 Å². The standard InChI is InChI=1S/C18H24N4S.HI/c1-3-19-18(20-11-6-9-17-21-14(2)13-23-17)22-12-10-15-7-4-5-8-16(15)22;/h4-5,7-8,13H,3,6,9-12H2,1-2H3,(H,19,20);1H. The van der Waals surface area contributed by atoms with E-state index in [0.29, 0.717) is 0 Å². The van der Waals surface area contributed by atoms with Gasteiger partial charge in [0.05, 0.1) is 5.01 Å². The molecule has 1 N–H and O–H groups in total. The quantitative estimate of drug-likeness (QED) is 0.320. The Morgan fingerprint density at radius 2 is 2.21 bits per heavy atom. The van der Waals surface area contributed by atoms with Crippen molar-refractivity contribution in [1.29, 1.82) is 0 Å². The third-order valence-corrected chi connectivity index (χ3v) is 4.98. The topological polar surface area (TPSA) is 40.5 Å². The molecule has 0 amide bonds. The number of thiazole rings is 1. The van der Waals surface area contributed by atoms with E-state index in [9.17, 15) is 0 Å². The van der Waals surface area contributed by atoms with Gasteiger partial charge in [0.1, 0.15) is 0 Å². The lowest BCUT2D eigenvalue weighted by atomic mass is 10.2. The molecule has 130 valence electrons. The Labute approximate surface area is 165 Å². The van der Waals surface area contributed by atoms with Crippen LogP contribution in [0.4, 0.5) is 5.69 Å². The Hall–Kier alpha value is -1.15. The zero-order chi connectivity index (χ0) is 16.1. The number of para-hydroxylation sites is 1. The van der Waals surface area contributed by atoms with Gasteiger partial charge in [-0.15, -0.1) is 35.3 Å². The fourth-order valence-corrected chi connectivity index (χ4v) is 3.70. The number of hydrogen-bond acceptors (Lipinski definition) is 3. The highest BCUT2D eigenvalue weighted by atomic mass is 127. The van der Waals surface area contributed by atoms with Crippen LogP contribution in [0.2, 0.25) is 0 Å². The third kappa shape index (κ3) is 4.69. The maximum absolute atomic E-state index is 4.82. The van der Waals surface area contributed by atoms with Crippen LogP contribution < -0.4 is 10.2 Å². The summed E-state index contributed by atoms with van der Waals surface area (Å²) >= 11 is 1.75. The molecule has 0 radical (unpaired) electrons. The molecule has 0 aliphatic carbocycles. The van der Waals surface area contributed by atoms with Crippen molar-refractivity contribution < 1.29 is 0 Å². The molecule has 1 aliphatic heterocycles. The number of fused-ring (bicyclic) bond motifs is 1. The largest absolute Gasteiger partial charge is 0.356 e. The van der Waals surface area contributed by atoms with E-state index in [2.05, 4.69) is 51.8 Å². The highest BCUT2D eigenvalue weighted by Gasteiger charge is 2.22. The summed E-state index contributed by atoms with van der Waals surface area (Å²) in [5, 5.41) is 6.76. The summed E-state index contributed by atoms with van der Waals surface area (Å²) in [6.07, 6.45) is 3.15. The average Bonchev–Trinajstić information content (AvgIpc) is 3.17. The molecule has 1 aromatic heterocycles. The predicted octanol–water partition coefficient (Wildman–Crippen LogP) is 4.03. The van der Waals surface area contributed by atoms with E-state index in [1.807, 2.05) is 6.92 Å². The van der Waals surface area contributed by atoms with Gasteiger partial charge in [-0.05, 0) is 38.3 Å². The molecule has 0 atom stereocenters. The molecule has 0 fully saturated rings. The zero-order valence-electron chi connectivity index (χ0n) is 14.3. The summed E-state index contributed by atoms with van der Waals surface area (Å²) in [6.45, 7) is 6.90. The Balaban J connectivity index is 0.00000208. The van der Waals surface area contributed by atoms with Gasteiger partial charge < -0.3 is 10.2 Å². The SMILES string of the molecule is CCNC(=NCCCc1nc(C)cs1)N1CCc2ccccc21.I.